The lowest BCUT2D eigenvalue weighted by Crippen LogP contribution is -2.48. The maximum absolute atomic E-state index is 14.9. The molecule has 2 amide bonds. The van der Waals surface area contributed by atoms with E-state index in [-0.39, 0.29) is 11.8 Å². The van der Waals surface area contributed by atoms with Crippen molar-refractivity contribution in [1.82, 2.24) is 15.2 Å². The summed E-state index contributed by atoms with van der Waals surface area (Å²) in [5.41, 5.74) is 2.93. The summed E-state index contributed by atoms with van der Waals surface area (Å²) < 4.78 is 20.4. The average Bonchev–Trinajstić information content (AvgIpc) is 2.92. The summed E-state index contributed by atoms with van der Waals surface area (Å²) in [4.78, 5) is 33.2. The van der Waals surface area contributed by atoms with Crippen molar-refractivity contribution in [2.75, 3.05) is 44.2 Å². The number of nitrogens with one attached hydrogen (secondary N) is 1. The number of piperazine rings is 1. The molecule has 1 N–H and O–H groups in total. The highest BCUT2D eigenvalue weighted by Gasteiger charge is 2.23. The highest BCUT2D eigenvalue weighted by molar-refractivity contribution is 5.95. The molecule has 0 atom stereocenters. The van der Waals surface area contributed by atoms with Crippen LogP contribution >= 0.6 is 0 Å². The minimum atomic E-state index is -0.474. The van der Waals surface area contributed by atoms with Crippen molar-refractivity contribution in [3.8, 4) is 16.9 Å². The summed E-state index contributed by atoms with van der Waals surface area (Å²) in [7, 11) is 0. The van der Waals surface area contributed by atoms with Crippen LogP contribution in [0.4, 0.5) is 10.1 Å². The number of carbonyl (C=O) groups is 2. The van der Waals surface area contributed by atoms with Crippen molar-refractivity contribution in [2.45, 2.75) is 20.3 Å². The number of rotatable bonds is 8. The highest BCUT2D eigenvalue weighted by atomic mass is 19.1. The Morgan fingerprint density at radius 3 is 2.36 bits per heavy atom. The number of ether oxygens (including phenoxy) is 1. The summed E-state index contributed by atoms with van der Waals surface area (Å²) in [6, 6.07) is 13.8. The Morgan fingerprint density at radius 1 is 0.972 bits per heavy atom. The van der Waals surface area contributed by atoms with Crippen LogP contribution in [0.2, 0.25) is 0 Å². The minimum Gasteiger partial charge on any atom is -0.492 e. The third kappa shape index (κ3) is 5.82. The van der Waals surface area contributed by atoms with Crippen LogP contribution in [0.5, 0.6) is 5.75 Å². The number of carbonyl (C=O) groups excluding carboxylic acids is 2. The minimum absolute atomic E-state index is 0.0738. The Bertz CT molecular complexity index is 1210. The maximum Gasteiger partial charge on any atom is 0.254 e. The first-order valence-corrected chi connectivity index (χ1v) is 12.3. The van der Waals surface area contributed by atoms with E-state index in [9.17, 15) is 14.0 Å². The Labute approximate surface area is 210 Å². The number of aromatic nitrogens is 1. The van der Waals surface area contributed by atoms with Crippen molar-refractivity contribution in [1.29, 1.82) is 0 Å². The quantitative estimate of drug-likeness (QED) is 0.507. The Kier molecular flexibility index (Phi) is 8.15. The van der Waals surface area contributed by atoms with Crippen molar-refractivity contribution < 1.29 is 18.7 Å². The Morgan fingerprint density at radius 2 is 1.69 bits per heavy atom. The predicted octanol–water partition coefficient (Wildman–Crippen LogP) is 4.39. The Balaban J connectivity index is 1.37. The molecule has 4 rings (SSSR count). The van der Waals surface area contributed by atoms with Crippen LogP contribution in [0.25, 0.3) is 11.1 Å². The van der Waals surface area contributed by atoms with Crippen LogP contribution in [0, 0.1) is 5.82 Å². The number of nitrogens with zero attached hydrogens (tertiary/aromatic N) is 3. The van der Waals surface area contributed by atoms with E-state index in [1.165, 1.54) is 6.07 Å². The predicted molar refractivity (Wildman–Crippen MR) is 138 cm³/mol. The lowest BCUT2D eigenvalue weighted by molar-refractivity contribution is 0.0746. The molecule has 1 aliphatic heterocycles. The van der Waals surface area contributed by atoms with Gasteiger partial charge in [0.2, 0.25) is 0 Å². The van der Waals surface area contributed by atoms with Crippen LogP contribution < -0.4 is 15.0 Å². The second-order valence-electron chi connectivity index (χ2n) is 8.62. The van der Waals surface area contributed by atoms with Crippen LogP contribution in [0.1, 0.15) is 41.0 Å². The van der Waals surface area contributed by atoms with E-state index in [0.29, 0.717) is 67.3 Å². The highest BCUT2D eigenvalue weighted by Crippen LogP contribution is 2.27. The fraction of sp³-hybridized carbons (Fsp3) is 0.321. The summed E-state index contributed by atoms with van der Waals surface area (Å²) in [6.45, 7) is 7.41. The van der Waals surface area contributed by atoms with E-state index in [1.807, 2.05) is 38.1 Å². The monoisotopic (exact) mass is 490 g/mol. The third-order valence-corrected chi connectivity index (χ3v) is 6.15. The van der Waals surface area contributed by atoms with Gasteiger partial charge >= 0.3 is 0 Å². The van der Waals surface area contributed by atoms with E-state index in [1.54, 1.807) is 35.5 Å². The van der Waals surface area contributed by atoms with Gasteiger partial charge in [-0.15, -0.1) is 0 Å². The fourth-order valence-corrected chi connectivity index (χ4v) is 4.21. The first kappa shape index (κ1) is 25.2. The number of pyridine rings is 1. The molecule has 188 valence electrons. The zero-order valence-corrected chi connectivity index (χ0v) is 20.7. The summed E-state index contributed by atoms with van der Waals surface area (Å²) in [6.07, 6.45) is 4.05. The molecule has 0 saturated carbocycles. The molecular formula is C28H31FN4O3. The molecule has 7 nitrogen and oxygen atoms in total. The summed E-state index contributed by atoms with van der Waals surface area (Å²) >= 11 is 0. The van der Waals surface area contributed by atoms with Crippen molar-refractivity contribution >= 4 is 17.5 Å². The van der Waals surface area contributed by atoms with Crippen molar-refractivity contribution in [3.63, 3.8) is 0 Å². The van der Waals surface area contributed by atoms with Crippen LogP contribution in [0.3, 0.4) is 0 Å². The number of hydrogen-bond acceptors (Lipinski definition) is 5. The molecule has 3 aromatic rings. The first-order valence-electron chi connectivity index (χ1n) is 12.3. The average molecular weight is 491 g/mol. The molecule has 1 fully saturated rings. The van der Waals surface area contributed by atoms with Gasteiger partial charge < -0.3 is 19.9 Å². The van der Waals surface area contributed by atoms with Gasteiger partial charge in [-0.1, -0.05) is 13.0 Å². The lowest BCUT2D eigenvalue weighted by atomic mass is 10.0. The van der Waals surface area contributed by atoms with Crippen LogP contribution in [-0.4, -0.2) is 61.0 Å². The molecular weight excluding hydrogens is 459 g/mol. The van der Waals surface area contributed by atoms with Gasteiger partial charge in [0.05, 0.1) is 12.8 Å². The smallest absolute Gasteiger partial charge is 0.254 e. The van der Waals surface area contributed by atoms with Gasteiger partial charge in [0.15, 0.2) is 0 Å². The van der Waals surface area contributed by atoms with Gasteiger partial charge in [-0.05, 0) is 55.8 Å². The Hall–Kier alpha value is -3.94. The summed E-state index contributed by atoms with van der Waals surface area (Å²) in [5.74, 6) is -0.167. The van der Waals surface area contributed by atoms with Crippen molar-refractivity contribution in [3.05, 3.63) is 77.9 Å². The SMILES string of the molecule is CCCNC(=O)c1ccc(N2CCN(C(=O)c3ccc(-c4cncc(OCC)c4)c(F)c3)CC2)cc1. The molecule has 36 heavy (non-hydrogen) atoms. The van der Waals surface area contributed by atoms with Crippen molar-refractivity contribution in [2.24, 2.45) is 0 Å². The lowest BCUT2D eigenvalue weighted by Gasteiger charge is -2.36. The van der Waals surface area contributed by atoms with Gasteiger partial charge in [0.25, 0.3) is 11.8 Å². The second-order valence-corrected chi connectivity index (χ2v) is 8.62. The molecule has 0 bridgehead atoms. The zero-order valence-electron chi connectivity index (χ0n) is 20.7. The molecule has 0 radical (unpaired) electrons. The van der Waals surface area contributed by atoms with E-state index in [0.717, 1.165) is 12.1 Å². The van der Waals surface area contributed by atoms with E-state index < -0.39 is 5.82 Å². The number of halogens is 1. The zero-order chi connectivity index (χ0) is 25.5. The molecule has 0 unspecified atom stereocenters. The molecule has 8 heteroatoms. The van der Waals surface area contributed by atoms with Crippen LogP contribution in [0.15, 0.2) is 60.9 Å². The number of hydrogen-bond donors (Lipinski definition) is 1. The normalized spacial score (nSPS) is 13.4. The molecule has 1 aromatic heterocycles. The number of benzene rings is 2. The topological polar surface area (TPSA) is 74.8 Å². The van der Waals surface area contributed by atoms with Crippen LogP contribution in [-0.2, 0) is 0 Å². The molecule has 0 spiro atoms. The van der Waals surface area contributed by atoms with E-state index in [4.69, 9.17) is 4.74 Å². The van der Waals surface area contributed by atoms with Gasteiger partial charge in [-0.25, -0.2) is 4.39 Å². The maximum atomic E-state index is 14.9. The number of anilines is 1. The van der Waals surface area contributed by atoms with Gasteiger partial charge in [0.1, 0.15) is 11.6 Å². The molecule has 2 heterocycles. The third-order valence-electron chi connectivity index (χ3n) is 6.15. The van der Waals surface area contributed by atoms with Gasteiger partial charge in [-0.3, -0.25) is 14.6 Å². The number of amides is 2. The summed E-state index contributed by atoms with van der Waals surface area (Å²) in [5, 5.41) is 2.87. The first-order chi connectivity index (χ1) is 17.5. The standard InChI is InChI=1S/C28H31FN4O3/c1-3-11-31-27(34)20-5-8-23(9-6-20)32-12-14-33(15-13-32)28(35)21-7-10-25(26(29)17-21)22-16-24(36-4-2)19-30-18-22/h5-10,16-19H,3-4,11-15H2,1-2H3,(H,31,34). The van der Waals surface area contributed by atoms with E-state index >= 15 is 0 Å². The molecule has 1 aliphatic rings. The molecule has 0 aliphatic carbocycles. The molecule has 2 aromatic carbocycles. The molecule has 1 saturated heterocycles. The fourth-order valence-electron chi connectivity index (χ4n) is 4.21. The van der Waals surface area contributed by atoms with Gasteiger partial charge in [0, 0.05) is 66.9 Å². The van der Waals surface area contributed by atoms with E-state index in [2.05, 4.69) is 15.2 Å². The largest absolute Gasteiger partial charge is 0.492 e. The second kappa shape index (κ2) is 11.7. The van der Waals surface area contributed by atoms with Gasteiger partial charge in [-0.2, -0.15) is 0 Å².